The topological polar surface area (TPSA) is 114 Å². The summed E-state index contributed by atoms with van der Waals surface area (Å²) in [6.07, 6.45) is 0.536. The lowest BCUT2D eigenvalue weighted by atomic mass is 9.78. The van der Waals surface area contributed by atoms with Crippen molar-refractivity contribution < 1.29 is 19.6 Å². The van der Waals surface area contributed by atoms with Crippen LogP contribution in [0.5, 0.6) is 5.75 Å². The zero-order chi connectivity index (χ0) is 17.2. The third kappa shape index (κ3) is 3.71. The van der Waals surface area contributed by atoms with Crippen LogP contribution in [0.4, 0.5) is 11.4 Å². The molecule has 8 nitrogen and oxygen atoms in total. The standard InChI is InChI=1S/C15H17N3O5/c1-15(2)7-12(19)14(13(20)8-15)17-16-10-5-4-9(23-3)6-11(10)18(21)22/h4-6,19H,7-8H2,1-3H3. The van der Waals surface area contributed by atoms with Gasteiger partial charge < -0.3 is 9.84 Å². The average Bonchev–Trinajstić information content (AvgIpc) is 2.45. The van der Waals surface area contributed by atoms with Crippen molar-refractivity contribution in [3.63, 3.8) is 0 Å². The van der Waals surface area contributed by atoms with E-state index in [2.05, 4.69) is 10.2 Å². The van der Waals surface area contributed by atoms with Crippen molar-refractivity contribution in [1.29, 1.82) is 0 Å². The Morgan fingerprint density at radius 2 is 2.00 bits per heavy atom. The molecule has 1 aromatic rings. The first-order valence-corrected chi connectivity index (χ1v) is 6.93. The number of nitro benzene ring substituents is 1. The first-order valence-electron chi connectivity index (χ1n) is 6.93. The second-order valence-corrected chi connectivity index (χ2v) is 6.05. The van der Waals surface area contributed by atoms with Crippen LogP contribution in [0.2, 0.25) is 0 Å². The maximum absolute atomic E-state index is 12.0. The van der Waals surface area contributed by atoms with Gasteiger partial charge >= 0.3 is 0 Å². The fraction of sp³-hybridized carbons (Fsp3) is 0.400. The number of hydrogen-bond donors (Lipinski definition) is 1. The first-order chi connectivity index (χ1) is 10.7. The van der Waals surface area contributed by atoms with E-state index in [0.717, 1.165) is 0 Å². The van der Waals surface area contributed by atoms with Crippen molar-refractivity contribution in [3.8, 4) is 5.75 Å². The lowest BCUT2D eigenvalue weighted by Gasteiger charge is -2.27. The maximum atomic E-state index is 12.0. The molecule has 2 rings (SSSR count). The van der Waals surface area contributed by atoms with E-state index in [-0.39, 0.29) is 40.5 Å². The summed E-state index contributed by atoms with van der Waals surface area (Å²) in [6, 6.07) is 4.09. The molecule has 0 atom stereocenters. The number of nitrogens with zero attached hydrogens (tertiary/aromatic N) is 3. The van der Waals surface area contributed by atoms with Gasteiger partial charge in [-0.05, 0) is 17.5 Å². The Labute approximate surface area is 132 Å². The minimum atomic E-state index is -0.614. The summed E-state index contributed by atoms with van der Waals surface area (Å²) >= 11 is 0. The van der Waals surface area contributed by atoms with Gasteiger partial charge in [0.05, 0.1) is 18.1 Å². The van der Waals surface area contributed by atoms with Gasteiger partial charge in [-0.2, -0.15) is 0 Å². The number of allylic oxidation sites excluding steroid dienone is 2. The van der Waals surface area contributed by atoms with Gasteiger partial charge in [0.15, 0.2) is 17.2 Å². The maximum Gasteiger partial charge on any atom is 0.300 e. The van der Waals surface area contributed by atoms with Crippen LogP contribution < -0.4 is 4.74 Å². The summed E-state index contributed by atoms with van der Waals surface area (Å²) in [5, 5.41) is 28.5. The van der Waals surface area contributed by atoms with Crippen molar-refractivity contribution in [2.45, 2.75) is 26.7 Å². The van der Waals surface area contributed by atoms with E-state index in [0.29, 0.717) is 12.2 Å². The predicted molar refractivity (Wildman–Crippen MR) is 81.8 cm³/mol. The number of aliphatic hydroxyl groups excluding tert-OH is 1. The van der Waals surface area contributed by atoms with Crippen LogP contribution in [-0.4, -0.2) is 22.9 Å². The Hall–Kier alpha value is -2.77. The Kier molecular flexibility index (Phi) is 4.44. The van der Waals surface area contributed by atoms with Crippen molar-refractivity contribution in [2.75, 3.05) is 7.11 Å². The van der Waals surface area contributed by atoms with Crippen LogP contribution in [0.25, 0.3) is 0 Å². The molecule has 0 spiro atoms. The number of hydrogen-bond acceptors (Lipinski definition) is 7. The van der Waals surface area contributed by atoms with E-state index in [1.54, 1.807) is 0 Å². The zero-order valence-corrected chi connectivity index (χ0v) is 13.1. The number of methoxy groups -OCH3 is 1. The van der Waals surface area contributed by atoms with Gasteiger partial charge in [0, 0.05) is 12.8 Å². The zero-order valence-electron chi connectivity index (χ0n) is 13.1. The SMILES string of the molecule is COc1ccc(N=NC2=C(O)CC(C)(C)CC2=O)c([N+](=O)[O-])c1. The van der Waals surface area contributed by atoms with E-state index in [1.807, 2.05) is 13.8 Å². The Morgan fingerprint density at radius 1 is 1.30 bits per heavy atom. The van der Waals surface area contributed by atoms with Crippen LogP contribution >= 0.6 is 0 Å². The highest BCUT2D eigenvalue weighted by Crippen LogP contribution is 2.37. The predicted octanol–water partition coefficient (Wildman–Crippen LogP) is 3.85. The molecule has 0 saturated carbocycles. The van der Waals surface area contributed by atoms with Gasteiger partial charge in [0.2, 0.25) is 0 Å². The van der Waals surface area contributed by atoms with Gasteiger partial charge in [-0.25, -0.2) is 0 Å². The molecule has 1 aromatic carbocycles. The number of ether oxygens (including phenoxy) is 1. The highest BCUT2D eigenvalue weighted by atomic mass is 16.6. The van der Waals surface area contributed by atoms with Gasteiger partial charge in [0.1, 0.15) is 11.5 Å². The molecule has 0 unspecified atom stereocenters. The summed E-state index contributed by atoms with van der Waals surface area (Å²) in [5.41, 5.74) is -0.799. The normalized spacial score (nSPS) is 17.6. The number of azo groups is 1. The summed E-state index contributed by atoms with van der Waals surface area (Å²) in [4.78, 5) is 22.5. The van der Waals surface area contributed by atoms with E-state index in [1.165, 1.54) is 25.3 Å². The van der Waals surface area contributed by atoms with Crippen molar-refractivity contribution >= 4 is 17.2 Å². The molecule has 122 valence electrons. The average molecular weight is 319 g/mol. The van der Waals surface area contributed by atoms with Crippen LogP contribution in [0.15, 0.2) is 39.9 Å². The fourth-order valence-electron chi connectivity index (χ4n) is 2.36. The van der Waals surface area contributed by atoms with E-state index in [4.69, 9.17) is 4.74 Å². The Morgan fingerprint density at radius 3 is 2.57 bits per heavy atom. The number of rotatable bonds is 4. The Balaban J connectivity index is 2.37. The summed E-state index contributed by atoms with van der Waals surface area (Å²) in [6.45, 7) is 3.73. The minimum Gasteiger partial charge on any atom is -0.510 e. The number of aliphatic hydroxyl groups is 1. The summed E-state index contributed by atoms with van der Waals surface area (Å²) in [5.74, 6) is -0.168. The van der Waals surface area contributed by atoms with Gasteiger partial charge in [-0.1, -0.05) is 13.8 Å². The number of Topliss-reactive ketones (excluding diaryl/α,β-unsaturated/α-hetero) is 1. The number of ketones is 1. The molecule has 1 N–H and O–H groups in total. The van der Waals surface area contributed by atoms with Gasteiger partial charge in [0.25, 0.3) is 5.69 Å². The lowest BCUT2D eigenvalue weighted by molar-refractivity contribution is -0.384. The number of benzene rings is 1. The third-order valence-electron chi connectivity index (χ3n) is 3.46. The fourth-order valence-corrected chi connectivity index (χ4v) is 2.36. The van der Waals surface area contributed by atoms with Gasteiger partial charge in [-0.15, -0.1) is 10.2 Å². The van der Waals surface area contributed by atoms with E-state index in [9.17, 15) is 20.0 Å². The highest BCUT2D eigenvalue weighted by molar-refractivity contribution is 5.96. The molecular weight excluding hydrogens is 302 g/mol. The Bertz CT molecular complexity index is 722. The molecule has 23 heavy (non-hydrogen) atoms. The number of carbonyl (C=O) groups is 1. The molecule has 0 radical (unpaired) electrons. The van der Waals surface area contributed by atoms with Crippen molar-refractivity contribution in [2.24, 2.45) is 15.6 Å². The molecule has 0 saturated heterocycles. The second kappa shape index (κ2) is 6.15. The van der Waals surface area contributed by atoms with Crippen molar-refractivity contribution in [3.05, 3.63) is 39.8 Å². The van der Waals surface area contributed by atoms with Crippen LogP contribution in [0, 0.1) is 15.5 Å². The van der Waals surface area contributed by atoms with E-state index < -0.39 is 4.92 Å². The second-order valence-electron chi connectivity index (χ2n) is 6.05. The molecule has 0 aromatic heterocycles. The summed E-state index contributed by atoms with van der Waals surface area (Å²) in [7, 11) is 1.39. The first kappa shape index (κ1) is 16.6. The molecule has 1 aliphatic rings. The van der Waals surface area contributed by atoms with Gasteiger partial charge in [-0.3, -0.25) is 14.9 Å². The largest absolute Gasteiger partial charge is 0.510 e. The highest BCUT2D eigenvalue weighted by Gasteiger charge is 2.33. The monoisotopic (exact) mass is 319 g/mol. The molecule has 0 fully saturated rings. The molecule has 1 aliphatic carbocycles. The van der Waals surface area contributed by atoms with Crippen LogP contribution in [0.3, 0.4) is 0 Å². The van der Waals surface area contributed by atoms with E-state index >= 15 is 0 Å². The molecule has 0 heterocycles. The number of nitro groups is 1. The number of carbonyl (C=O) groups excluding carboxylic acids is 1. The molecule has 0 bridgehead atoms. The quantitative estimate of drug-likeness (QED) is 0.514. The smallest absolute Gasteiger partial charge is 0.300 e. The lowest BCUT2D eigenvalue weighted by Crippen LogP contribution is -2.25. The van der Waals surface area contributed by atoms with Crippen LogP contribution in [0.1, 0.15) is 26.7 Å². The van der Waals surface area contributed by atoms with Crippen LogP contribution in [-0.2, 0) is 4.79 Å². The molecular formula is C15H17N3O5. The molecule has 0 amide bonds. The minimum absolute atomic E-state index is 0.0197. The third-order valence-corrected chi connectivity index (χ3v) is 3.46. The summed E-state index contributed by atoms with van der Waals surface area (Å²) < 4.78 is 4.93. The molecule has 0 aliphatic heterocycles. The van der Waals surface area contributed by atoms with Crippen molar-refractivity contribution in [1.82, 2.24) is 0 Å². The molecule has 8 heteroatoms.